The van der Waals surface area contributed by atoms with Crippen LogP contribution in [-0.4, -0.2) is 21.4 Å². The zero-order valence-corrected chi connectivity index (χ0v) is 10.7. The summed E-state index contributed by atoms with van der Waals surface area (Å²) >= 11 is 0. The highest BCUT2D eigenvalue weighted by atomic mass is 14.6. The summed E-state index contributed by atoms with van der Waals surface area (Å²) in [6.45, 7) is 0. The van der Waals surface area contributed by atoms with Gasteiger partial charge in [0.05, 0.1) is 11.4 Å². The third-order valence-corrected chi connectivity index (χ3v) is 3.15. The minimum absolute atomic E-state index is 0.208. The molecule has 2 heterocycles. The van der Waals surface area contributed by atoms with Crippen molar-refractivity contribution in [1.29, 1.82) is 10.8 Å². The Bertz CT molecular complexity index is 662. The van der Waals surface area contributed by atoms with Crippen LogP contribution in [0.25, 0.3) is 11.1 Å². The summed E-state index contributed by atoms with van der Waals surface area (Å²) in [5.41, 5.74) is 3.55. The van der Waals surface area contributed by atoms with Gasteiger partial charge in [-0.25, -0.2) is 0 Å². The number of nitrogens with zero attached hydrogens (tertiary/aromatic N) is 2. The Hall–Kier alpha value is -2.88. The maximum Gasteiger partial charge on any atom is 0.0874 e. The summed E-state index contributed by atoms with van der Waals surface area (Å²) in [4.78, 5) is 8.12. The number of rotatable bonds is 2. The predicted molar refractivity (Wildman–Crippen MR) is 79.9 cm³/mol. The summed E-state index contributed by atoms with van der Waals surface area (Å²) in [5, 5.41) is 16.4. The average molecular weight is 260 g/mol. The van der Waals surface area contributed by atoms with E-state index in [1.165, 1.54) is 0 Å². The van der Waals surface area contributed by atoms with Gasteiger partial charge in [0.1, 0.15) is 0 Å². The van der Waals surface area contributed by atoms with Gasteiger partial charge in [-0.05, 0) is 12.1 Å². The van der Waals surface area contributed by atoms with Crippen molar-refractivity contribution in [2.24, 2.45) is 0 Å². The van der Waals surface area contributed by atoms with Crippen molar-refractivity contribution in [2.75, 3.05) is 0 Å². The molecule has 0 unspecified atom stereocenters. The maximum absolute atomic E-state index is 8.19. The Morgan fingerprint density at radius 1 is 0.700 bits per heavy atom. The molecule has 1 aliphatic rings. The molecule has 2 aromatic heterocycles. The minimum atomic E-state index is 0.208. The molecule has 1 aliphatic carbocycles. The average Bonchev–Trinajstić information content (AvgIpc) is 2.52. The van der Waals surface area contributed by atoms with Gasteiger partial charge in [0.2, 0.25) is 0 Å². The van der Waals surface area contributed by atoms with Crippen LogP contribution in [-0.2, 0) is 0 Å². The van der Waals surface area contributed by atoms with E-state index in [1.54, 1.807) is 24.8 Å². The summed E-state index contributed by atoms with van der Waals surface area (Å²) in [5.74, 6) is 0. The molecule has 0 aliphatic heterocycles. The molecule has 0 bridgehead atoms. The Morgan fingerprint density at radius 3 is 1.50 bits per heavy atom. The lowest BCUT2D eigenvalue weighted by Gasteiger charge is -2.17. The fraction of sp³-hybridized carbons (Fsp3) is 0. The maximum atomic E-state index is 8.19. The first-order chi connectivity index (χ1) is 9.77. The van der Waals surface area contributed by atoms with Gasteiger partial charge in [0.15, 0.2) is 0 Å². The number of aromatic nitrogens is 2. The molecule has 0 spiro atoms. The van der Waals surface area contributed by atoms with Crippen LogP contribution in [0.15, 0.2) is 61.2 Å². The molecule has 2 N–H and O–H groups in total. The fourth-order valence-electron chi connectivity index (χ4n) is 2.13. The van der Waals surface area contributed by atoms with E-state index in [1.807, 2.05) is 36.4 Å². The highest BCUT2D eigenvalue weighted by Gasteiger charge is 2.21. The van der Waals surface area contributed by atoms with Gasteiger partial charge in [0.25, 0.3) is 0 Å². The van der Waals surface area contributed by atoms with E-state index < -0.39 is 0 Å². The lowest BCUT2D eigenvalue weighted by Crippen LogP contribution is -2.18. The highest BCUT2D eigenvalue weighted by Crippen LogP contribution is 2.26. The van der Waals surface area contributed by atoms with E-state index in [9.17, 15) is 0 Å². The van der Waals surface area contributed by atoms with E-state index in [2.05, 4.69) is 9.97 Å². The van der Waals surface area contributed by atoms with Crippen molar-refractivity contribution in [2.45, 2.75) is 0 Å². The van der Waals surface area contributed by atoms with Gasteiger partial charge in [-0.1, -0.05) is 24.3 Å². The molecule has 20 heavy (non-hydrogen) atoms. The SMILES string of the molecule is N=C1C(=N)C(c2cccnc2)=CC=C1c1cccnc1. The van der Waals surface area contributed by atoms with Crippen LogP contribution in [0.1, 0.15) is 11.1 Å². The quantitative estimate of drug-likeness (QED) is 0.814. The molecule has 96 valence electrons. The first kappa shape index (κ1) is 12.2. The van der Waals surface area contributed by atoms with E-state index in [0.717, 1.165) is 22.3 Å². The largest absolute Gasteiger partial charge is 0.298 e. The summed E-state index contributed by atoms with van der Waals surface area (Å²) in [6, 6.07) is 7.44. The number of nitrogens with one attached hydrogen (secondary N) is 2. The van der Waals surface area contributed by atoms with Crippen molar-refractivity contribution < 1.29 is 0 Å². The topological polar surface area (TPSA) is 73.5 Å². The third kappa shape index (κ3) is 2.07. The van der Waals surface area contributed by atoms with Crippen LogP contribution in [0.3, 0.4) is 0 Å². The molecule has 0 saturated heterocycles. The minimum Gasteiger partial charge on any atom is -0.298 e. The normalized spacial score (nSPS) is 14.8. The molecule has 0 amide bonds. The second kappa shape index (κ2) is 5.01. The highest BCUT2D eigenvalue weighted by molar-refractivity contribution is 6.68. The van der Waals surface area contributed by atoms with Gasteiger partial charge in [0, 0.05) is 47.1 Å². The van der Waals surface area contributed by atoms with E-state index in [0.29, 0.717) is 0 Å². The van der Waals surface area contributed by atoms with Crippen LogP contribution in [0.4, 0.5) is 0 Å². The van der Waals surface area contributed by atoms with Crippen molar-refractivity contribution >= 4 is 22.6 Å². The van der Waals surface area contributed by atoms with Gasteiger partial charge in [-0.2, -0.15) is 0 Å². The van der Waals surface area contributed by atoms with Gasteiger partial charge in [-0.3, -0.25) is 20.8 Å². The molecular formula is C16H12N4. The molecule has 0 aromatic carbocycles. The second-order valence-corrected chi connectivity index (χ2v) is 4.39. The van der Waals surface area contributed by atoms with Crippen LogP contribution >= 0.6 is 0 Å². The van der Waals surface area contributed by atoms with Gasteiger partial charge < -0.3 is 0 Å². The molecule has 0 saturated carbocycles. The molecule has 0 fully saturated rings. The van der Waals surface area contributed by atoms with Crippen LogP contribution in [0.5, 0.6) is 0 Å². The predicted octanol–water partition coefficient (Wildman–Crippen LogP) is 3.00. The summed E-state index contributed by atoms with van der Waals surface area (Å²) < 4.78 is 0. The number of hydrogen-bond acceptors (Lipinski definition) is 4. The molecule has 0 radical (unpaired) electrons. The Kier molecular flexibility index (Phi) is 3.05. The first-order valence-electron chi connectivity index (χ1n) is 6.18. The van der Waals surface area contributed by atoms with Crippen molar-refractivity contribution in [3.63, 3.8) is 0 Å². The van der Waals surface area contributed by atoms with Crippen molar-refractivity contribution in [3.05, 3.63) is 72.3 Å². The summed E-state index contributed by atoms with van der Waals surface area (Å²) in [6.07, 6.45) is 10.5. The van der Waals surface area contributed by atoms with Crippen LogP contribution in [0, 0.1) is 10.8 Å². The Balaban J connectivity index is 2.06. The molecule has 3 rings (SSSR count). The van der Waals surface area contributed by atoms with Gasteiger partial charge in [-0.15, -0.1) is 0 Å². The van der Waals surface area contributed by atoms with E-state index in [-0.39, 0.29) is 11.4 Å². The molecule has 4 nitrogen and oxygen atoms in total. The van der Waals surface area contributed by atoms with Crippen LogP contribution < -0.4 is 0 Å². The van der Waals surface area contributed by atoms with Crippen molar-refractivity contribution in [3.8, 4) is 0 Å². The first-order valence-corrected chi connectivity index (χ1v) is 6.18. The summed E-state index contributed by atoms with van der Waals surface area (Å²) in [7, 11) is 0. The molecular weight excluding hydrogens is 248 g/mol. The second-order valence-electron chi connectivity index (χ2n) is 4.39. The van der Waals surface area contributed by atoms with Crippen LogP contribution in [0.2, 0.25) is 0 Å². The number of hydrogen-bond donors (Lipinski definition) is 2. The molecule has 4 heteroatoms. The zero-order valence-electron chi connectivity index (χ0n) is 10.7. The van der Waals surface area contributed by atoms with Gasteiger partial charge >= 0.3 is 0 Å². The lowest BCUT2D eigenvalue weighted by atomic mass is 9.88. The smallest absolute Gasteiger partial charge is 0.0874 e. The Labute approximate surface area is 116 Å². The Morgan fingerprint density at radius 2 is 1.15 bits per heavy atom. The molecule has 0 atom stereocenters. The number of pyridine rings is 2. The van der Waals surface area contributed by atoms with E-state index >= 15 is 0 Å². The van der Waals surface area contributed by atoms with Crippen molar-refractivity contribution in [1.82, 2.24) is 9.97 Å². The monoisotopic (exact) mass is 260 g/mol. The lowest BCUT2D eigenvalue weighted by molar-refractivity contribution is 1.31. The molecule has 2 aromatic rings. The zero-order chi connectivity index (χ0) is 13.9. The number of allylic oxidation sites excluding steroid dienone is 4. The third-order valence-electron chi connectivity index (χ3n) is 3.15. The fourth-order valence-corrected chi connectivity index (χ4v) is 2.13. The standard InChI is InChI=1S/C16H12N4/c17-15-13(11-3-1-7-19-9-11)5-6-14(16(15)18)12-4-2-8-20-10-12/h1-10,17-18H. The van der Waals surface area contributed by atoms with E-state index in [4.69, 9.17) is 10.8 Å².